The molecule has 0 amide bonds. The Bertz CT molecular complexity index is 140. The fourth-order valence-electron chi connectivity index (χ4n) is 1.65. The first-order valence-corrected chi connectivity index (χ1v) is 5.76. The predicted molar refractivity (Wildman–Crippen MR) is 62.5 cm³/mol. The Kier molecular flexibility index (Phi) is 6.38. The fourth-order valence-corrected chi connectivity index (χ4v) is 1.65. The summed E-state index contributed by atoms with van der Waals surface area (Å²) in [6.07, 6.45) is 3.03. The lowest BCUT2D eigenvalue weighted by atomic mass is 9.89. The van der Waals surface area contributed by atoms with Gasteiger partial charge < -0.3 is 10.4 Å². The Hall–Kier alpha value is -0.0800. The molecular weight excluding hydrogens is 174 g/mol. The predicted octanol–water partition coefficient (Wildman–Crippen LogP) is 2.56. The maximum absolute atomic E-state index is 9.74. The molecule has 0 aromatic rings. The molecule has 0 aromatic heterocycles. The molecule has 0 aliphatic heterocycles. The summed E-state index contributed by atoms with van der Waals surface area (Å²) in [5, 5.41) is 13.1. The van der Waals surface area contributed by atoms with Gasteiger partial charge in [0.2, 0.25) is 0 Å². The summed E-state index contributed by atoms with van der Waals surface area (Å²) in [5.74, 6) is 0. The Morgan fingerprint density at radius 3 is 2.29 bits per heavy atom. The molecule has 0 spiro atoms. The number of aliphatic hydroxyl groups excluding tert-OH is 1. The molecule has 0 fully saturated rings. The summed E-state index contributed by atoms with van der Waals surface area (Å²) < 4.78 is 0. The van der Waals surface area contributed by atoms with Crippen molar-refractivity contribution in [2.75, 3.05) is 6.54 Å². The van der Waals surface area contributed by atoms with Crippen LogP contribution in [-0.2, 0) is 0 Å². The van der Waals surface area contributed by atoms with Crippen LogP contribution in [0.2, 0.25) is 0 Å². The van der Waals surface area contributed by atoms with E-state index in [1.165, 1.54) is 12.8 Å². The van der Waals surface area contributed by atoms with Crippen molar-refractivity contribution in [2.24, 2.45) is 5.41 Å². The van der Waals surface area contributed by atoms with Crippen LogP contribution in [0.1, 0.15) is 53.9 Å². The van der Waals surface area contributed by atoms with Crippen LogP contribution in [0.4, 0.5) is 0 Å². The van der Waals surface area contributed by atoms with E-state index in [2.05, 4.69) is 39.9 Å². The average Bonchev–Trinajstić information content (AvgIpc) is 1.98. The van der Waals surface area contributed by atoms with Gasteiger partial charge in [0.05, 0.1) is 6.10 Å². The molecule has 2 heteroatoms. The highest BCUT2D eigenvalue weighted by Gasteiger charge is 2.16. The van der Waals surface area contributed by atoms with Crippen LogP contribution in [0.15, 0.2) is 0 Å². The first kappa shape index (κ1) is 13.9. The lowest BCUT2D eigenvalue weighted by molar-refractivity contribution is 0.116. The van der Waals surface area contributed by atoms with Crippen LogP contribution < -0.4 is 5.32 Å². The monoisotopic (exact) mass is 201 g/mol. The van der Waals surface area contributed by atoms with E-state index in [-0.39, 0.29) is 11.5 Å². The molecule has 2 N–H and O–H groups in total. The van der Waals surface area contributed by atoms with Crippen LogP contribution in [-0.4, -0.2) is 23.8 Å². The van der Waals surface area contributed by atoms with Gasteiger partial charge in [-0.3, -0.25) is 0 Å². The smallest absolute Gasteiger partial charge is 0.0669 e. The van der Waals surface area contributed by atoms with E-state index in [9.17, 15) is 5.11 Å². The van der Waals surface area contributed by atoms with Crippen LogP contribution in [0, 0.1) is 5.41 Å². The normalized spacial score (nSPS) is 16.7. The molecule has 14 heavy (non-hydrogen) atoms. The third-order valence-electron chi connectivity index (χ3n) is 2.27. The largest absolute Gasteiger partial charge is 0.392 e. The molecular formula is C12H27NO. The zero-order valence-electron chi connectivity index (χ0n) is 10.4. The maximum atomic E-state index is 9.74. The highest BCUT2D eigenvalue weighted by atomic mass is 16.3. The first-order chi connectivity index (χ1) is 6.35. The van der Waals surface area contributed by atoms with E-state index in [0.717, 1.165) is 13.0 Å². The third-order valence-corrected chi connectivity index (χ3v) is 2.27. The van der Waals surface area contributed by atoms with E-state index in [0.29, 0.717) is 6.04 Å². The van der Waals surface area contributed by atoms with Gasteiger partial charge in [0.1, 0.15) is 0 Å². The van der Waals surface area contributed by atoms with E-state index >= 15 is 0 Å². The van der Waals surface area contributed by atoms with Crippen molar-refractivity contribution in [3.05, 3.63) is 0 Å². The molecule has 0 bridgehead atoms. The second-order valence-electron chi connectivity index (χ2n) is 5.52. The van der Waals surface area contributed by atoms with Gasteiger partial charge in [-0.15, -0.1) is 0 Å². The number of rotatable bonds is 6. The van der Waals surface area contributed by atoms with Crippen LogP contribution >= 0.6 is 0 Å². The fraction of sp³-hybridized carbons (Fsp3) is 1.00. The standard InChI is InChI=1S/C12H27NO/c1-6-7-10(2)13-9-11(14)8-12(3,4)5/h10-11,13-14H,6-9H2,1-5H3. The number of aliphatic hydroxyl groups is 1. The highest BCUT2D eigenvalue weighted by Crippen LogP contribution is 2.20. The van der Waals surface area contributed by atoms with Crippen molar-refractivity contribution in [3.63, 3.8) is 0 Å². The van der Waals surface area contributed by atoms with E-state index < -0.39 is 0 Å². The summed E-state index contributed by atoms with van der Waals surface area (Å²) in [6.45, 7) is 11.6. The molecule has 2 nitrogen and oxygen atoms in total. The van der Waals surface area contributed by atoms with Crippen LogP contribution in [0.25, 0.3) is 0 Å². The van der Waals surface area contributed by atoms with Crippen molar-refractivity contribution >= 4 is 0 Å². The van der Waals surface area contributed by atoms with Crippen LogP contribution in [0.3, 0.4) is 0 Å². The van der Waals surface area contributed by atoms with Crippen molar-refractivity contribution in [3.8, 4) is 0 Å². The van der Waals surface area contributed by atoms with Gasteiger partial charge in [0.15, 0.2) is 0 Å². The maximum Gasteiger partial charge on any atom is 0.0669 e. The SMILES string of the molecule is CCCC(C)NCC(O)CC(C)(C)C. The Balaban J connectivity index is 3.58. The second-order valence-corrected chi connectivity index (χ2v) is 5.52. The minimum absolute atomic E-state index is 0.214. The topological polar surface area (TPSA) is 32.3 Å². The van der Waals surface area contributed by atoms with E-state index in [4.69, 9.17) is 0 Å². The first-order valence-electron chi connectivity index (χ1n) is 5.76. The lowest BCUT2D eigenvalue weighted by Gasteiger charge is -2.23. The van der Waals surface area contributed by atoms with E-state index in [1.54, 1.807) is 0 Å². The van der Waals surface area contributed by atoms with Gasteiger partial charge in [-0.1, -0.05) is 34.1 Å². The van der Waals surface area contributed by atoms with Gasteiger partial charge in [-0.05, 0) is 25.2 Å². The molecule has 86 valence electrons. The highest BCUT2D eigenvalue weighted by molar-refractivity contribution is 4.71. The minimum Gasteiger partial charge on any atom is -0.392 e. The van der Waals surface area contributed by atoms with Crippen molar-refractivity contribution in [2.45, 2.75) is 66.0 Å². The van der Waals surface area contributed by atoms with Crippen molar-refractivity contribution in [1.82, 2.24) is 5.32 Å². The minimum atomic E-state index is -0.214. The zero-order chi connectivity index (χ0) is 11.2. The summed E-state index contributed by atoms with van der Waals surface area (Å²) >= 11 is 0. The molecule has 0 radical (unpaired) electrons. The molecule has 0 rings (SSSR count). The quantitative estimate of drug-likeness (QED) is 0.692. The summed E-state index contributed by atoms with van der Waals surface area (Å²) in [4.78, 5) is 0. The lowest BCUT2D eigenvalue weighted by Crippen LogP contribution is -2.35. The number of hydrogen-bond donors (Lipinski definition) is 2. The molecule has 2 unspecified atom stereocenters. The molecule has 0 saturated carbocycles. The number of nitrogens with one attached hydrogen (secondary N) is 1. The average molecular weight is 201 g/mol. The van der Waals surface area contributed by atoms with Gasteiger partial charge in [-0.25, -0.2) is 0 Å². The summed E-state index contributed by atoms with van der Waals surface area (Å²) in [5.41, 5.74) is 0.217. The van der Waals surface area contributed by atoms with Gasteiger partial charge >= 0.3 is 0 Å². The molecule has 0 aliphatic rings. The van der Waals surface area contributed by atoms with E-state index in [1.807, 2.05) is 0 Å². The zero-order valence-corrected chi connectivity index (χ0v) is 10.4. The molecule has 2 atom stereocenters. The van der Waals surface area contributed by atoms with Crippen molar-refractivity contribution < 1.29 is 5.11 Å². The molecule has 0 saturated heterocycles. The Labute approximate surface area is 89.1 Å². The van der Waals surface area contributed by atoms with Crippen LogP contribution in [0.5, 0.6) is 0 Å². The third kappa shape index (κ3) is 8.52. The van der Waals surface area contributed by atoms with Crippen molar-refractivity contribution in [1.29, 1.82) is 0 Å². The molecule has 0 aromatic carbocycles. The number of hydrogen-bond acceptors (Lipinski definition) is 2. The molecule has 0 aliphatic carbocycles. The summed E-state index contributed by atoms with van der Waals surface area (Å²) in [7, 11) is 0. The van der Waals surface area contributed by atoms with Gasteiger partial charge in [0, 0.05) is 12.6 Å². The summed E-state index contributed by atoms with van der Waals surface area (Å²) in [6, 6.07) is 0.523. The van der Waals surface area contributed by atoms with Gasteiger partial charge in [-0.2, -0.15) is 0 Å². The second kappa shape index (κ2) is 6.41. The molecule has 0 heterocycles. The Morgan fingerprint density at radius 2 is 1.86 bits per heavy atom. The van der Waals surface area contributed by atoms with Gasteiger partial charge in [0.25, 0.3) is 0 Å². The Morgan fingerprint density at radius 1 is 1.29 bits per heavy atom.